The van der Waals surface area contributed by atoms with Crippen LogP contribution in [0.25, 0.3) is 0 Å². The minimum Gasteiger partial charge on any atom is -0.302 e. The fourth-order valence-corrected chi connectivity index (χ4v) is 3.21. The largest absolute Gasteiger partial charge is 0.390 e. The molecule has 114 valence electrons. The third-order valence-electron chi connectivity index (χ3n) is 3.11. The van der Waals surface area contributed by atoms with Gasteiger partial charge in [0.1, 0.15) is 0 Å². The molecule has 0 saturated carbocycles. The van der Waals surface area contributed by atoms with Crippen LogP contribution in [-0.4, -0.2) is 6.18 Å². The van der Waals surface area contributed by atoms with Crippen molar-refractivity contribution in [3.8, 4) is 0 Å². The van der Waals surface area contributed by atoms with Crippen LogP contribution in [0.2, 0.25) is 4.34 Å². The van der Waals surface area contributed by atoms with Crippen LogP contribution in [-0.2, 0) is 0 Å². The molecule has 0 amide bonds. The van der Waals surface area contributed by atoms with Gasteiger partial charge in [0.15, 0.2) is 0 Å². The molecule has 6 heteroatoms. The molecule has 0 aliphatic carbocycles. The van der Waals surface area contributed by atoms with E-state index in [0.29, 0.717) is 9.90 Å². The highest BCUT2D eigenvalue weighted by molar-refractivity contribution is 7.16. The van der Waals surface area contributed by atoms with Crippen LogP contribution in [0.4, 0.5) is 13.2 Å². The molecule has 0 aliphatic heterocycles. The number of nitrogens with one attached hydrogen (secondary N) is 1. The summed E-state index contributed by atoms with van der Waals surface area (Å²) in [7, 11) is 0. The molecule has 2 atom stereocenters. The molecule has 2 unspecified atom stereocenters. The van der Waals surface area contributed by atoms with Gasteiger partial charge < -0.3 is 5.32 Å². The van der Waals surface area contributed by atoms with Crippen molar-refractivity contribution in [3.63, 3.8) is 0 Å². The molecule has 2 aromatic rings. The van der Waals surface area contributed by atoms with Gasteiger partial charge in [0.05, 0.1) is 10.8 Å². The third-order valence-corrected chi connectivity index (χ3v) is 4.52. The summed E-state index contributed by atoms with van der Waals surface area (Å²) in [5.74, 6) is 0. The van der Waals surface area contributed by atoms with Crippen LogP contribution in [0.1, 0.15) is 35.9 Å². The molecule has 0 aliphatic rings. The lowest BCUT2D eigenvalue weighted by Crippen LogP contribution is -2.28. The summed E-state index contributed by atoms with van der Waals surface area (Å²) in [5.41, 5.74) is 0.629. The van der Waals surface area contributed by atoms with E-state index in [-0.39, 0.29) is 6.04 Å². The highest BCUT2D eigenvalue weighted by atomic mass is 35.5. The van der Waals surface area contributed by atoms with E-state index in [1.165, 1.54) is 11.3 Å². The molecule has 1 heterocycles. The van der Waals surface area contributed by atoms with Crippen molar-refractivity contribution < 1.29 is 13.2 Å². The summed E-state index contributed by atoms with van der Waals surface area (Å²) in [6, 6.07) is 11.3. The topological polar surface area (TPSA) is 12.0 Å². The predicted molar refractivity (Wildman–Crippen MR) is 80.7 cm³/mol. The van der Waals surface area contributed by atoms with E-state index in [0.717, 1.165) is 4.88 Å². The van der Waals surface area contributed by atoms with Gasteiger partial charge in [0, 0.05) is 17.0 Å². The van der Waals surface area contributed by atoms with Crippen molar-refractivity contribution in [3.05, 3.63) is 57.2 Å². The van der Waals surface area contributed by atoms with Gasteiger partial charge in [0.2, 0.25) is 0 Å². The Hall–Kier alpha value is -1.04. The van der Waals surface area contributed by atoms with Gasteiger partial charge in [-0.1, -0.05) is 41.9 Å². The zero-order valence-corrected chi connectivity index (χ0v) is 12.9. The summed E-state index contributed by atoms with van der Waals surface area (Å²) in [4.78, 5) is 0.920. The van der Waals surface area contributed by atoms with E-state index in [9.17, 15) is 13.2 Å². The van der Waals surface area contributed by atoms with Crippen molar-refractivity contribution in [1.82, 2.24) is 5.32 Å². The SMILES string of the molecule is CC(NC(CC(F)(F)F)c1ccccc1)c1ccc(Cl)s1. The van der Waals surface area contributed by atoms with E-state index < -0.39 is 18.6 Å². The molecule has 0 bridgehead atoms. The fraction of sp³-hybridized carbons (Fsp3) is 0.333. The molecular weight excluding hydrogens is 319 g/mol. The molecule has 1 aromatic carbocycles. The van der Waals surface area contributed by atoms with Gasteiger partial charge in [-0.15, -0.1) is 11.3 Å². The Morgan fingerprint density at radius 1 is 1.14 bits per heavy atom. The van der Waals surface area contributed by atoms with Crippen LogP contribution >= 0.6 is 22.9 Å². The number of benzene rings is 1. The average molecular weight is 334 g/mol. The number of hydrogen-bond donors (Lipinski definition) is 1. The average Bonchev–Trinajstić information content (AvgIpc) is 2.84. The first-order valence-electron chi connectivity index (χ1n) is 6.48. The summed E-state index contributed by atoms with van der Waals surface area (Å²) < 4.78 is 39.0. The van der Waals surface area contributed by atoms with Crippen LogP contribution in [0, 0.1) is 0 Å². The standard InChI is InChI=1S/C15H15ClF3NS/c1-10(13-7-8-14(16)21-13)20-12(9-15(17,18)19)11-5-3-2-4-6-11/h2-8,10,12,20H,9H2,1H3. The second-order valence-corrected chi connectivity index (χ2v) is 6.56. The lowest BCUT2D eigenvalue weighted by atomic mass is 10.0. The Balaban J connectivity index is 2.16. The maximum atomic E-state index is 12.8. The highest BCUT2D eigenvalue weighted by Crippen LogP contribution is 2.33. The normalized spacial score (nSPS) is 14.9. The van der Waals surface area contributed by atoms with E-state index >= 15 is 0 Å². The highest BCUT2D eigenvalue weighted by Gasteiger charge is 2.33. The molecule has 1 nitrogen and oxygen atoms in total. The number of halogens is 4. The predicted octanol–water partition coefficient (Wildman–Crippen LogP) is 5.75. The first-order chi connectivity index (χ1) is 9.85. The summed E-state index contributed by atoms with van der Waals surface area (Å²) >= 11 is 7.25. The van der Waals surface area contributed by atoms with Gasteiger partial charge in [-0.2, -0.15) is 13.2 Å². The molecule has 0 saturated heterocycles. The van der Waals surface area contributed by atoms with E-state index in [1.54, 1.807) is 36.4 Å². The van der Waals surface area contributed by atoms with E-state index in [1.807, 2.05) is 13.0 Å². The minimum atomic E-state index is -4.22. The zero-order chi connectivity index (χ0) is 15.5. The summed E-state index contributed by atoms with van der Waals surface area (Å²) in [6.45, 7) is 1.84. The second-order valence-electron chi connectivity index (χ2n) is 4.81. The smallest absolute Gasteiger partial charge is 0.302 e. The zero-order valence-electron chi connectivity index (χ0n) is 11.3. The number of alkyl halides is 3. The maximum absolute atomic E-state index is 12.8. The van der Waals surface area contributed by atoms with Crippen molar-refractivity contribution in [2.75, 3.05) is 0 Å². The molecule has 0 fully saturated rings. The van der Waals surface area contributed by atoms with Gasteiger partial charge >= 0.3 is 6.18 Å². The van der Waals surface area contributed by atoms with Gasteiger partial charge in [-0.05, 0) is 24.6 Å². The lowest BCUT2D eigenvalue weighted by Gasteiger charge is -2.24. The Morgan fingerprint density at radius 3 is 2.33 bits per heavy atom. The van der Waals surface area contributed by atoms with Gasteiger partial charge in [-0.3, -0.25) is 0 Å². The third kappa shape index (κ3) is 5.02. The number of thiophene rings is 1. The van der Waals surface area contributed by atoms with Crippen molar-refractivity contribution >= 4 is 22.9 Å². The Bertz CT molecular complexity index is 568. The first kappa shape index (κ1) is 16.3. The lowest BCUT2D eigenvalue weighted by molar-refractivity contribution is -0.140. The molecule has 1 N–H and O–H groups in total. The number of hydrogen-bond acceptors (Lipinski definition) is 2. The molecule has 1 aromatic heterocycles. The van der Waals surface area contributed by atoms with Crippen molar-refractivity contribution in [1.29, 1.82) is 0 Å². The Labute approximate surface area is 130 Å². The Kier molecular flexibility index (Phi) is 5.30. The maximum Gasteiger partial charge on any atom is 0.390 e. The van der Waals surface area contributed by atoms with E-state index in [2.05, 4.69) is 5.32 Å². The second kappa shape index (κ2) is 6.81. The molecule has 0 spiro atoms. The van der Waals surface area contributed by atoms with Crippen LogP contribution < -0.4 is 5.32 Å². The Morgan fingerprint density at radius 2 is 1.81 bits per heavy atom. The van der Waals surface area contributed by atoms with Crippen molar-refractivity contribution in [2.24, 2.45) is 0 Å². The van der Waals surface area contributed by atoms with Crippen LogP contribution in [0.15, 0.2) is 42.5 Å². The van der Waals surface area contributed by atoms with E-state index in [4.69, 9.17) is 11.6 Å². The van der Waals surface area contributed by atoms with Crippen LogP contribution in [0.3, 0.4) is 0 Å². The monoisotopic (exact) mass is 333 g/mol. The fourth-order valence-electron chi connectivity index (χ4n) is 2.13. The number of rotatable bonds is 5. The summed E-state index contributed by atoms with van der Waals surface area (Å²) in [6.07, 6.45) is -5.12. The molecular formula is C15H15ClF3NS. The molecule has 0 radical (unpaired) electrons. The van der Waals surface area contributed by atoms with Gasteiger partial charge in [0.25, 0.3) is 0 Å². The van der Waals surface area contributed by atoms with Gasteiger partial charge in [-0.25, -0.2) is 0 Å². The minimum absolute atomic E-state index is 0.199. The van der Waals surface area contributed by atoms with Crippen molar-refractivity contribution in [2.45, 2.75) is 31.6 Å². The first-order valence-corrected chi connectivity index (χ1v) is 7.67. The molecule has 21 heavy (non-hydrogen) atoms. The summed E-state index contributed by atoms with van der Waals surface area (Å²) in [5, 5.41) is 3.05. The molecule has 2 rings (SSSR count). The quantitative estimate of drug-likeness (QED) is 0.735. The van der Waals surface area contributed by atoms with Crippen LogP contribution in [0.5, 0.6) is 0 Å².